The molecule has 1 aromatic heterocycles. The van der Waals surface area contributed by atoms with E-state index < -0.39 is 6.10 Å². The highest BCUT2D eigenvalue weighted by molar-refractivity contribution is 6.01. The van der Waals surface area contributed by atoms with E-state index in [1.165, 1.54) is 0 Å². The zero-order valence-corrected chi connectivity index (χ0v) is 20.5. The van der Waals surface area contributed by atoms with Crippen LogP contribution in [0.2, 0.25) is 0 Å². The van der Waals surface area contributed by atoms with Crippen LogP contribution in [-0.2, 0) is 25.5 Å². The highest BCUT2D eigenvalue weighted by Crippen LogP contribution is 2.40. The summed E-state index contributed by atoms with van der Waals surface area (Å²) >= 11 is 0. The molecule has 5 aliphatic heterocycles. The number of aromatic nitrogens is 1. The summed E-state index contributed by atoms with van der Waals surface area (Å²) in [4.78, 5) is 22.8. The molecular formula is C27H34N4O4. The first kappa shape index (κ1) is 22.8. The van der Waals surface area contributed by atoms with Gasteiger partial charge in [-0.05, 0) is 63.8 Å². The molecule has 0 saturated carbocycles. The van der Waals surface area contributed by atoms with Gasteiger partial charge in [0.15, 0.2) is 0 Å². The van der Waals surface area contributed by atoms with E-state index in [0.717, 1.165) is 60.9 Å². The number of anilines is 4. The molecule has 8 heteroatoms. The van der Waals surface area contributed by atoms with Crippen molar-refractivity contribution in [3.8, 4) is 0 Å². The highest BCUT2D eigenvalue weighted by atomic mass is 16.5. The topological polar surface area (TPSA) is 76.2 Å². The molecule has 2 bridgehead atoms. The third-order valence-corrected chi connectivity index (χ3v) is 7.50. The van der Waals surface area contributed by atoms with Crippen molar-refractivity contribution in [2.75, 3.05) is 34.9 Å². The summed E-state index contributed by atoms with van der Waals surface area (Å²) in [6, 6.07) is 10.7. The van der Waals surface area contributed by atoms with Crippen LogP contribution >= 0.6 is 0 Å². The molecule has 0 radical (unpaired) electrons. The molecule has 4 fully saturated rings. The van der Waals surface area contributed by atoms with E-state index in [-0.39, 0.29) is 18.1 Å². The van der Waals surface area contributed by atoms with Crippen molar-refractivity contribution < 1.29 is 19.0 Å². The average molecular weight is 479 g/mol. The van der Waals surface area contributed by atoms with Gasteiger partial charge in [-0.15, -0.1) is 0 Å². The molecule has 1 N–H and O–H groups in total. The summed E-state index contributed by atoms with van der Waals surface area (Å²) in [5, 5.41) is 3.47. The minimum Gasteiger partial charge on any atom is -0.374 e. The molecule has 5 aliphatic rings. The Kier molecular flexibility index (Phi) is 6.12. The second-order valence-corrected chi connectivity index (χ2v) is 10.3. The minimum absolute atomic E-state index is 0.00611. The maximum absolute atomic E-state index is 13.9. The summed E-state index contributed by atoms with van der Waals surface area (Å²) < 4.78 is 17.9. The first-order chi connectivity index (χ1) is 17.0. The molecule has 7 rings (SSSR count). The second kappa shape index (κ2) is 9.41. The number of carbonyl (C=O) groups excluding carboxylic acids is 1. The summed E-state index contributed by atoms with van der Waals surface area (Å²) in [5.41, 5.74) is 3.88. The number of nitrogens with zero attached hydrogens (tertiary/aromatic N) is 3. The quantitative estimate of drug-likeness (QED) is 0.712. The van der Waals surface area contributed by atoms with Gasteiger partial charge in [0.1, 0.15) is 11.9 Å². The van der Waals surface area contributed by atoms with Gasteiger partial charge in [0.25, 0.3) is 5.91 Å². The van der Waals surface area contributed by atoms with E-state index >= 15 is 0 Å². The SMILES string of the molecule is CC(C)O[C@H]1CC[C@H](C(=O)N2Cc3cccnc3Nc3ccc(N4CC5CCC4CO5)cc32)OC1. The molecule has 0 spiro atoms. The maximum atomic E-state index is 13.9. The van der Waals surface area contributed by atoms with Crippen LogP contribution in [0.4, 0.5) is 22.9 Å². The van der Waals surface area contributed by atoms with E-state index in [1.807, 2.05) is 30.9 Å². The predicted octanol–water partition coefficient (Wildman–Crippen LogP) is 4.01. The molecule has 35 heavy (non-hydrogen) atoms. The third-order valence-electron chi connectivity index (χ3n) is 7.50. The van der Waals surface area contributed by atoms with Gasteiger partial charge in [-0.2, -0.15) is 0 Å². The molecule has 2 unspecified atom stereocenters. The lowest BCUT2D eigenvalue weighted by molar-refractivity contribution is -0.143. The van der Waals surface area contributed by atoms with Crippen molar-refractivity contribution in [2.45, 2.75) is 76.5 Å². The minimum atomic E-state index is -0.476. The molecule has 1 aromatic carbocycles. The number of nitrogens with one attached hydrogen (secondary N) is 1. The number of piperidine rings is 1. The van der Waals surface area contributed by atoms with Crippen LogP contribution in [-0.4, -0.2) is 61.1 Å². The number of hydrogen-bond donors (Lipinski definition) is 1. The van der Waals surface area contributed by atoms with Gasteiger partial charge in [-0.25, -0.2) is 4.98 Å². The largest absolute Gasteiger partial charge is 0.374 e. The van der Waals surface area contributed by atoms with Crippen LogP contribution in [0.25, 0.3) is 0 Å². The molecule has 6 heterocycles. The lowest BCUT2D eigenvalue weighted by atomic mass is 9.96. The Morgan fingerprint density at radius 1 is 1.14 bits per heavy atom. The lowest BCUT2D eigenvalue weighted by Gasteiger charge is -2.46. The summed E-state index contributed by atoms with van der Waals surface area (Å²) in [7, 11) is 0. The first-order valence-corrected chi connectivity index (χ1v) is 12.9. The Hall–Kier alpha value is -2.68. The molecular weight excluding hydrogens is 444 g/mol. The van der Waals surface area contributed by atoms with E-state index in [1.54, 1.807) is 6.20 Å². The number of ether oxygens (including phenoxy) is 3. The van der Waals surface area contributed by atoms with Gasteiger partial charge >= 0.3 is 0 Å². The summed E-state index contributed by atoms with van der Waals surface area (Å²) in [6.07, 6.45) is 5.54. The second-order valence-electron chi connectivity index (χ2n) is 10.3. The smallest absolute Gasteiger partial charge is 0.256 e. The van der Waals surface area contributed by atoms with Crippen LogP contribution < -0.4 is 15.1 Å². The van der Waals surface area contributed by atoms with Crippen LogP contribution in [0.3, 0.4) is 0 Å². The normalized spacial score (nSPS) is 27.7. The van der Waals surface area contributed by atoms with Crippen LogP contribution in [0, 0.1) is 0 Å². The Morgan fingerprint density at radius 2 is 2.06 bits per heavy atom. The van der Waals surface area contributed by atoms with Crippen LogP contribution in [0.15, 0.2) is 36.5 Å². The number of morpholine rings is 1. The van der Waals surface area contributed by atoms with Crippen molar-refractivity contribution >= 4 is 28.8 Å². The summed E-state index contributed by atoms with van der Waals surface area (Å²) in [5.74, 6) is 0.783. The zero-order chi connectivity index (χ0) is 23.9. The fraction of sp³-hybridized carbons (Fsp3) is 0.556. The molecule has 2 aromatic rings. The predicted molar refractivity (Wildman–Crippen MR) is 134 cm³/mol. The van der Waals surface area contributed by atoms with Gasteiger partial charge in [-0.1, -0.05) is 6.07 Å². The fourth-order valence-corrected chi connectivity index (χ4v) is 5.74. The molecule has 1 amide bonds. The summed E-state index contributed by atoms with van der Waals surface area (Å²) in [6.45, 7) is 6.63. The van der Waals surface area contributed by atoms with Crippen molar-refractivity contribution in [3.05, 3.63) is 42.1 Å². The number of hydrogen-bond acceptors (Lipinski definition) is 7. The van der Waals surface area contributed by atoms with Crippen molar-refractivity contribution in [1.82, 2.24) is 4.98 Å². The average Bonchev–Trinajstić information content (AvgIpc) is 3.05. The van der Waals surface area contributed by atoms with Crippen molar-refractivity contribution in [1.29, 1.82) is 0 Å². The number of benzene rings is 1. The number of pyridine rings is 1. The fourth-order valence-electron chi connectivity index (χ4n) is 5.74. The van der Waals surface area contributed by atoms with Gasteiger partial charge in [0.05, 0.1) is 55.5 Å². The Morgan fingerprint density at radius 3 is 2.77 bits per heavy atom. The number of amides is 1. The molecule has 0 aliphatic carbocycles. The van der Waals surface area contributed by atoms with Crippen LogP contribution in [0.1, 0.15) is 45.1 Å². The number of fused-ring (bicyclic) bond motifs is 5. The van der Waals surface area contributed by atoms with Crippen molar-refractivity contribution in [2.24, 2.45) is 0 Å². The first-order valence-electron chi connectivity index (χ1n) is 12.9. The van der Waals surface area contributed by atoms with Crippen molar-refractivity contribution in [3.63, 3.8) is 0 Å². The lowest BCUT2D eigenvalue weighted by Crippen LogP contribution is -2.54. The monoisotopic (exact) mass is 478 g/mol. The zero-order valence-electron chi connectivity index (χ0n) is 20.5. The van der Waals surface area contributed by atoms with Crippen LogP contribution in [0.5, 0.6) is 0 Å². The number of rotatable bonds is 4. The van der Waals surface area contributed by atoms with E-state index in [0.29, 0.717) is 31.7 Å². The third kappa shape index (κ3) is 4.50. The standard InChI is InChI=1S/C27H34N4O4/c1-17(2)35-22-8-10-25(34-16-22)27(32)31-13-18-4-3-11-28-26(18)29-23-9-6-19(12-24(23)31)30-14-21-7-5-20(30)15-33-21/h3-4,6,9,11-12,17,20-22,25H,5,7-8,10,13-16H2,1-2H3,(H,28,29)/t20?,21?,22-,25+/m0/s1. The van der Waals surface area contributed by atoms with E-state index in [2.05, 4.69) is 33.4 Å². The van der Waals surface area contributed by atoms with Gasteiger partial charge < -0.3 is 29.3 Å². The molecule has 8 nitrogen and oxygen atoms in total. The van der Waals surface area contributed by atoms with Gasteiger partial charge in [0, 0.05) is 24.0 Å². The Bertz CT molecular complexity index is 1080. The van der Waals surface area contributed by atoms with E-state index in [4.69, 9.17) is 14.2 Å². The maximum Gasteiger partial charge on any atom is 0.256 e. The molecule has 186 valence electrons. The Labute approximate surface area is 206 Å². The molecule has 4 saturated heterocycles. The van der Waals surface area contributed by atoms with Gasteiger partial charge in [0.2, 0.25) is 0 Å². The highest BCUT2D eigenvalue weighted by Gasteiger charge is 2.37. The molecule has 4 atom stereocenters. The van der Waals surface area contributed by atoms with Gasteiger partial charge in [-0.3, -0.25) is 4.79 Å². The van der Waals surface area contributed by atoms with E-state index in [9.17, 15) is 4.79 Å². The Balaban J connectivity index is 1.30. The number of carbonyl (C=O) groups is 1.